The molecule has 0 heterocycles. The summed E-state index contributed by atoms with van der Waals surface area (Å²) in [6.07, 6.45) is 3.40. The Morgan fingerprint density at radius 1 is 1.09 bits per heavy atom. The Bertz CT molecular complexity index is 716. The van der Waals surface area contributed by atoms with Crippen LogP contribution in [-0.4, -0.2) is 12.5 Å². The number of ether oxygens (including phenoxy) is 1. The average Bonchev–Trinajstić information content (AvgIpc) is 2.96. The fourth-order valence-electron chi connectivity index (χ4n) is 2.57. The number of nitrogens with one attached hydrogen (secondary N) is 1. The number of carbonyl (C=O) groups is 1. The van der Waals surface area contributed by atoms with Gasteiger partial charge in [-0.25, -0.2) is 0 Å². The number of fused-ring (bicyclic) bond motifs is 1. The fraction of sp³-hybridized carbons (Fsp3) is 0.235. The molecule has 2 aromatic rings. The third-order valence-corrected chi connectivity index (χ3v) is 4.21. The van der Waals surface area contributed by atoms with Gasteiger partial charge in [0.15, 0.2) is 6.61 Å². The number of hydrogen-bond donors (Lipinski definition) is 1. The first-order valence-corrected chi connectivity index (χ1v) is 7.87. The summed E-state index contributed by atoms with van der Waals surface area (Å²) in [5.74, 6) is 0.442. The Morgan fingerprint density at radius 2 is 1.91 bits per heavy atom. The number of hydrogen-bond acceptors (Lipinski definition) is 2. The molecule has 0 unspecified atom stereocenters. The van der Waals surface area contributed by atoms with Crippen LogP contribution in [0.1, 0.15) is 17.5 Å². The van der Waals surface area contributed by atoms with Gasteiger partial charge in [0, 0.05) is 5.02 Å². The molecule has 0 fully saturated rings. The molecule has 114 valence electrons. The zero-order chi connectivity index (χ0) is 15.5. The highest BCUT2D eigenvalue weighted by atomic mass is 35.5. The van der Waals surface area contributed by atoms with Crippen molar-refractivity contribution in [3.8, 4) is 5.75 Å². The summed E-state index contributed by atoms with van der Waals surface area (Å²) in [4.78, 5) is 11.9. The molecule has 0 atom stereocenters. The van der Waals surface area contributed by atoms with E-state index in [0.29, 0.717) is 21.5 Å². The van der Waals surface area contributed by atoms with Crippen LogP contribution in [0.3, 0.4) is 0 Å². The molecule has 0 spiro atoms. The van der Waals surface area contributed by atoms with E-state index in [4.69, 9.17) is 27.9 Å². The van der Waals surface area contributed by atoms with Gasteiger partial charge in [0.1, 0.15) is 5.75 Å². The zero-order valence-electron chi connectivity index (χ0n) is 11.9. The number of aryl methyl sites for hydroxylation is 2. The van der Waals surface area contributed by atoms with Gasteiger partial charge in [-0.3, -0.25) is 4.79 Å². The number of amides is 1. The smallest absolute Gasteiger partial charge is 0.262 e. The van der Waals surface area contributed by atoms with Gasteiger partial charge in [-0.1, -0.05) is 29.3 Å². The molecule has 1 amide bonds. The summed E-state index contributed by atoms with van der Waals surface area (Å²) < 4.78 is 5.55. The molecule has 0 bridgehead atoms. The molecule has 0 aromatic heterocycles. The molecule has 3 nitrogen and oxygen atoms in total. The minimum atomic E-state index is -0.273. The molecule has 1 N–H and O–H groups in total. The topological polar surface area (TPSA) is 38.3 Å². The molecule has 5 heteroatoms. The Kier molecular flexibility index (Phi) is 4.55. The van der Waals surface area contributed by atoms with Gasteiger partial charge in [-0.2, -0.15) is 0 Å². The van der Waals surface area contributed by atoms with E-state index in [1.165, 1.54) is 17.5 Å². The highest BCUT2D eigenvalue weighted by molar-refractivity contribution is 6.35. The van der Waals surface area contributed by atoms with E-state index in [2.05, 4.69) is 11.4 Å². The van der Waals surface area contributed by atoms with Crippen molar-refractivity contribution in [2.45, 2.75) is 19.3 Å². The SMILES string of the molecule is O=C(COc1ccc2c(c1)CCC2)Nc1cc(Cl)ccc1Cl. The van der Waals surface area contributed by atoms with E-state index in [1.807, 2.05) is 12.1 Å². The highest BCUT2D eigenvalue weighted by Crippen LogP contribution is 2.27. The first-order valence-electron chi connectivity index (χ1n) is 7.11. The Balaban J connectivity index is 1.59. The molecular formula is C17H15Cl2NO2. The van der Waals surface area contributed by atoms with Crippen molar-refractivity contribution in [1.29, 1.82) is 0 Å². The van der Waals surface area contributed by atoms with Gasteiger partial charge in [0.2, 0.25) is 0 Å². The second-order valence-corrected chi connectivity index (χ2v) is 6.09. The molecule has 0 saturated heterocycles. The summed E-state index contributed by atoms with van der Waals surface area (Å²) in [5, 5.41) is 3.65. The van der Waals surface area contributed by atoms with Crippen molar-refractivity contribution >= 4 is 34.8 Å². The van der Waals surface area contributed by atoms with Crippen molar-refractivity contribution in [1.82, 2.24) is 0 Å². The number of rotatable bonds is 4. The number of halogens is 2. The van der Waals surface area contributed by atoms with Crippen LogP contribution in [0, 0.1) is 0 Å². The third kappa shape index (κ3) is 3.54. The Hall–Kier alpha value is -1.71. The van der Waals surface area contributed by atoms with Crippen LogP contribution in [0.15, 0.2) is 36.4 Å². The van der Waals surface area contributed by atoms with Crippen LogP contribution in [0.4, 0.5) is 5.69 Å². The molecule has 0 radical (unpaired) electrons. The maximum Gasteiger partial charge on any atom is 0.262 e. The van der Waals surface area contributed by atoms with E-state index in [0.717, 1.165) is 12.8 Å². The van der Waals surface area contributed by atoms with Gasteiger partial charge in [0.25, 0.3) is 5.91 Å². The zero-order valence-corrected chi connectivity index (χ0v) is 13.4. The standard InChI is InChI=1S/C17H15Cl2NO2/c18-13-5-7-15(19)16(9-13)20-17(21)10-22-14-6-4-11-2-1-3-12(11)8-14/h4-9H,1-3,10H2,(H,20,21). The summed E-state index contributed by atoms with van der Waals surface area (Å²) >= 11 is 11.9. The Labute approximate surface area is 139 Å². The van der Waals surface area contributed by atoms with Crippen LogP contribution in [0.25, 0.3) is 0 Å². The maximum absolute atomic E-state index is 11.9. The quantitative estimate of drug-likeness (QED) is 0.893. The molecule has 0 saturated carbocycles. The van der Waals surface area contributed by atoms with Gasteiger partial charge in [-0.05, 0) is 60.7 Å². The van der Waals surface area contributed by atoms with Gasteiger partial charge < -0.3 is 10.1 Å². The summed E-state index contributed by atoms with van der Waals surface area (Å²) in [6, 6.07) is 10.9. The predicted octanol–water partition coefficient (Wildman–Crippen LogP) is 4.50. The number of anilines is 1. The summed E-state index contributed by atoms with van der Waals surface area (Å²) in [5.41, 5.74) is 3.18. The highest BCUT2D eigenvalue weighted by Gasteiger charge is 2.12. The van der Waals surface area contributed by atoms with Crippen molar-refractivity contribution < 1.29 is 9.53 Å². The van der Waals surface area contributed by atoms with Crippen LogP contribution in [-0.2, 0) is 17.6 Å². The minimum absolute atomic E-state index is 0.0678. The van der Waals surface area contributed by atoms with Crippen molar-refractivity contribution in [2.24, 2.45) is 0 Å². The lowest BCUT2D eigenvalue weighted by Gasteiger charge is -2.10. The van der Waals surface area contributed by atoms with Crippen molar-refractivity contribution in [3.63, 3.8) is 0 Å². The lowest BCUT2D eigenvalue weighted by atomic mass is 10.1. The minimum Gasteiger partial charge on any atom is -0.484 e. The molecule has 2 aromatic carbocycles. The molecule has 22 heavy (non-hydrogen) atoms. The second-order valence-electron chi connectivity index (χ2n) is 5.25. The maximum atomic E-state index is 11.9. The normalized spacial score (nSPS) is 12.8. The summed E-state index contributed by atoms with van der Waals surface area (Å²) in [6.45, 7) is -0.0678. The first kappa shape index (κ1) is 15.2. The number of carbonyl (C=O) groups excluding carboxylic acids is 1. The van der Waals surface area contributed by atoms with E-state index < -0.39 is 0 Å². The summed E-state index contributed by atoms with van der Waals surface area (Å²) in [7, 11) is 0. The lowest BCUT2D eigenvalue weighted by molar-refractivity contribution is -0.118. The molecule has 1 aliphatic carbocycles. The monoisotopic (exact) mass is 335 g/mol. The first-order chi connectivity index (χ1) is 10.6. The predicted molar refractivity (Wildman–Crippen MR) is 89.1 cm³/mol. The van der Waals surface area contributed by atoms with Gasteiger partial charge >= 0.3 is 0 Å². The van der Waals surface area contributed by atoms with Crippen molar-refractivity contribution in [3.05, 3.63) is 57.6 Å². The van der Waals surface area contributed by atoms with Crippen LogP contribution >= 0.6 is 23.2 Å². The average molecular weight is 336 g/mol. The van der Waals surface area contributed by atoms with E-state index in [-0.39, 0.29) is 12.5 Å². The van der Waals surface area contributed by atoms with E-state index >= 15 is 0 Å². The van der Waals surface area contributed by atoms with Crippen LogP contribution < -0.4 is 10.1 Å². The number of benzene rings is 2. The molecule has 3 rings (SSSR count). The Morgan fingerprint density at radius 3 is 2.77 bits per heavy atom. The molecule has 0 aliphatic heterocycles. The lowest BCUT2D eigenvalue weighted by Crippen LogP contribution is -2.20. The van der Waals surface area contributed by atoms with Gasteiger partial charge in [0.05, 0.1) is 10.7 Å². The molecular weight excluding hydrogens is 321 g/mol. The third-order valence-electron chi connectivity index (χ3n) is 3.64. The second kappa shape index (κ2) is 6.59. The van der Waals surface area contributed by atoms with E-state index in [9.17, 15) is 4.79 Å². The van der Waals surface area contributed by atoms with Gasteiger partial charge in [-0.15, -0.1) is 0 Å². The van der Waals surface area contributed by atoms with Crippen molar-refractivity contribution in [2.75, 3.05) is 11.9 Å². The molecule has 1 aliphatic rings. The van der Waals surface area contributed by atoms with E-state index in [1.54, 1.807) is 18.2 Å². The van der Waals surface area contributed by atoms with Crippen LogP contribution in [0.2, 0.25) is 10.0 Å². The fourth-order valence-corrected chi connectivity index (χ4v) is 2.90. The van der Waals surface area contributed by atoms with Crippen LogP contribution in [0.5, 0.6) is 5.75 Å². The largest absolute Gasteiger partial charge is 0.484 e.